The molecular weight excluding hydrogens is 399 g/mol. The molecule has 0 spiro atoms. The molecule has 0 aliphatic carbocycles. The predicted molar refractivity (Wildman–Crippen MR) is 113 cm³/mol. The number of carbonyl (C=O) groups is 1. The number of hydrazone groups is 1. The minimum Gasteiger partial charge on any atom is -0.466 e. The molecule has 0 saturated carbocycles. The van der Waals surface area contributed by atoms with E-state index in [0.29, 0.717) is 35.1 Å². The van der Waals surface area contributed by atoms with Crippen LogP contribution in [-0.2, 0) is 22.5 Å². The van der Waals surface area contributed by atoms with Gasteiger partial charge in [0.1, 0.15) is 5.82 Å². The molecule has 1 aliphatic rings. The number of thiazole rings is 1. The molecule has 1 saturated heterocycles. The molecule has 6 nitrogen and oxygen atoms in total. The van der Waals surface area contributed by atoms with E-state index in [1.807, 2.05) is 23.9 Å². The fourth-order valence-corrected chi connectivity index (χ4v) is 4.37. The molecule has 2 aromatic rings. The van der Waals surface area contributed by atoms with E-state index in [9.17, 15) is 9.18 Å². The molecule has 0 unspecified atom stereocenters. The molecule has 150 valence electrons. The van der Waals surface area contributed by atoms with E-state index >= 15 is 0 Å². The van der Waals surface area contributed by atoms with Gasteiger partial charge in [-0.1, -0.05) is 12.1 Å². The molecule has 0 bridgehead atoms. The summed E-state index contributed by atoms with van der Waals surface area (Å²) in [7, 11) is 0. The third kappa shape index (κ3) is 6.29. The average molecular weight is 423 g/mol. The van der Waals surface area contributed by atoms with E-state index in [1.165, 1.54) is 17.4 Å². The number of hydrogen-bond donors (Lipinski definition) is 1. The van der Waals surface area contributed by atoms with Crippen LogP contribution in [0.5, 0.6) is 0 Å². The number of aromatic nitrogens is 1. The smallest absolute Gasteiger partial charge is 0.311 e. The van der Waals surface area contributed by atoms with Crippen LogP contribution in [0.15, 0.2) is 28.7 Å². The highest BCUT2D eigenvalue weighted by atomic mass is 32.2. The van der Waals surface area contributed by atoms with Crippen molar-refractivity contribution >= 4 is 40.4 Å². The number of anilines is 1. The quantitative estimate of drug-likeness (QED) is 0.400. The number of nitrogens with one attached hydrogen (secondary N) is 1. The van der Waals surface area contributed by atoms with E-state index in [-0.39, 0.29) is 18.2 Å². The Kier molecular flexibility index (Phi) is 7.81. The van der Waals surface area contributed by atoms with E-state index < -0.39 is 0 Å². The summed E-state index contributed by atoms with van der Waals surface area (Å²) >= 11 is 3.29. The first kappa shape index (κ1) is 20.8. The molecular formula is C19H23FN4O2S2. The van der Waals surface area contributed by atoms with Crippen LogP contribution in [0.2, 0.25) is 0 Å². The first-order valence-corrected chi connectivity index (χ1v) is 11.1. The maximum Gasteiger partial charge on any atom is 0.311 e. The Morgan fingerprint density at radius 2 is 2.25 bits per heavy atom. The Hall–Kier alpha value is -1.97. The lowest BCUT2D eigenvalue weighted by atomic mass is 10.1. The number of hydrogen-bond acceptors (Lipinski definition) is 8. The number of ether oxygens (including phenoxy) is 1. The van der Waals surface area contributed by atoms with Gasteiger partial charge < -0.3 is 4.74 Å². The highest BCUT2D eigenvalue weighted by Crippen LogP contribution is 2.17. The molecule has 1 N–H and O–H groups in total. The summed E-state index contributed by atoms with van der Waals surface area (Å²) in [5.74, 6) is 1.70. The average Bonchev–Trinajstić information content (AvgIpc) is 3.12. The summed E-state index contributed by atoms with van der Waals surface area (Å²) in [5.41, 5.74) is 4.82. The fraction of sp³-hybridized carbons (Fsp3) is 0.421. The Bertz CT molecular complexity index is 822. The van der Waals surface area contributed by atoms with Gasteiger partial charge in [0.05, 0.1) is 24.9 Å². The first-order valence-electron chi connectivity index (χ1n) is 9.11. The molecule has 2 heterocycles. The number of nitrogens with zero attached hydrogens (tertiary/aromatic N) is 3. The van der Waals surface area contributed by atoms with E-state index in [1.54, 1.807) is 18.5 Å². The minimum atomic E-state index is -0.304. The summed E-state index contributed by atoms with van der Waals surface area (Å²) in [5, 5.41) is 6.45. The van der Waals surface area contributed by atoms with Crippen molar-refractivity contribution in [1.82, 2.24) is 9.88 Å². The maximum atomic E-state index is 14.4. The Labute approximate surface area is 172 Å². The lowest BCUT2D eigenvalue weighted by Gasteiger charge is -2.26. The summed E-state index contributed by atoms with van der Waals surface area (Å²) in [4.78, 5) is 18.0. The van der Waals surface area contributed by atoms with Gasteiger partial charge in [0, 0.05) is 42.1 Å². The summed E-state index contributed by atoms with van der Waals surface area (Å²) in [6.07, 6.45) is 1.69. The minimum absolute atomic E-state index is 0.137. The van der Waals surface area contributed by atoms with Gasteiger partial charge in [0.15, 0.2) is 0 Å². The van der Waals surface area contributed by atoms with Gasteiger partial charge in [-0.25, -0.2) is 9.37 Å². The molecule has 1 fully saturated rings. The highest BCUT2D eigenvalue weighted by Gasteiger charge is 2.13. The third-order valence-electron chi connectivity index (χ3n) is 4.13. The molecule has 0 amide bonds. The van der Waals surface area contributed by atoms with E-state index in [2.05, 4.69) is 20.4 Å². The largest absolute Gasteiger partial charge is 0.466 e. The molecule has 0 radical (unpaired) electrons. The van der Waals surface area contributed by atoms with E-state index in [4.69, 9.17) is 4.74 Å². The van der Waals surface area contributed by atoms with Crippen LogP contribution < -0.4 is 5.43 Å². The van der Waals surface area contributed by atoms with Crippen molar-refractivity contribution in [1.29, 1.82) is 0 Å². The fourth-order valence-electron chi connectivity index (χ4n) is 2.73. The normalized spacial score (nSPS) is 15.1. The molecule has 3 rings (SSSR count). The maximum absolute atomic E-state index is 14.4. The van der Waals surface area contributed by atoms with Crippen molar-refractivity contribution in [3.05, 3.63) is 46.2 Å². The number of carbonyl (C=O) groups excluding carboxylic acids is 1. The van der Waals surface area contributed by atoms with Gasteiger partial charge in [-0.2, -0.15) is 16.9 Å². The second-order valence-corrected chi connectivity index (χ2v) is 8.32. The van der Waals surface area contributed by atoms with Crippen molar-refractivity contribution in [3.63, 3.8) is 0 Å². The topological polar surface area (TPSA) is 66.8 Å². The SMILES string of the molecule is CCOC(=O)Cc1csc(NN=Cc2ccc(CN3CCSCC3)c(F)c2)n1. The van der Waals surface area contributed by atoms with Crippen LogP contribution in [0.3, 0.4) is 0 Å². The van der Waals surface area contributed by atoms with Crippen LogP contribution in [0.4, 0.5) is 9.52 Å². The molecule has 1 aliphatic heterocycles. The molecule has 0 atom stereocenters. The van der Waals surface area contributed by atoms with Gasteiger partial charge in [0.25, 0.3) is 0 Å². The summed E-state index contributed by atoms with van der Waals surface area (Å²) in [6, 6.07) is 5.17. The van der Waals surface area contributed by atoms with Gasteiger partial charge in [-0.3, -0.25) is 15.1 Å². The molecule has 1 aromatic carbocycles. The monoisotopic (exact) mass is 422 g/mol. The van der Waals surface area contributed by atoms with Crippen molar-refractivity contribution in [2.45, 2.75) is 19.9 Å². The van der Waals surface area contributed by atoms with Crippen molar-refractivity contribution in [2.75, 3.05) is 36.6 Å². The Morgan fingerprint density at radius 1 is 1.43 bits per heavy atom. The van der Waals surface area contributed by atoms with Gasteiger partial charge in [-0.15, -0.1) is 11.3 Å². The zero-order valence-electron chi connectivity index (χ0n) is 15.7. The Balaban J connectivity index is 1.52. The second kappa shape index (κ2) is 10.5. The predicted octanol–water partition coefficient (Wildman–Crippen LogP) is 3.38. The van der Waals surface area contributed by atoms with Crippen LogP contribution >= 0.6 is 23.1 Å². The third-order valence-corrected chi connectivity index (χ3v) is 5.87. The zero-order valence-corrected chi connectivity index (χ0v) is 17.3. The van der Waals surface area contributed by atoms with Gasteiger partial charge in [0.2, 0.25) is 5.13 Å². The van der Waals surface area contributed by atoms with Crippen molar-refractivity contribution in [3.8, 4) is 0 Å². The van der Waals surface area contributed by atoms with Crippen LogP contribution in [0, 0.1) is 5.82 Å². The molecule has 1 aromatic heterocycles. The highest BCUT2D eigenvalue weighted by molar-refractivity contribution is 7.99. The Morgan fingerprint density at radius 3 is 3.00 bits per heavy atom. The second-order valence-electron chi connectivity index (χ2n) is 6.24. The van der Waals surface area contributed by atoms with Gasteiger partial charge in [-0.05, 0) is 18.6 Å². The van der Waals surface area contributed by atoms with Crippen LogP contribution in [0.1, 0.15) is 23.7 Å². The lowest BCUT2D eigenvalue weighted by molar-refractivity contribution is -0.142. The lowest BCUT2D eigenvalue weighted by Crippen LogP contribution is -2.32. The first-order chi connectivity index (χ1) is 13.6. The molecule has 9 heteroatoms. The van der Waals surface area contributed by atoms with Gasteiger partial charge >= 0.3 is 5.97 Å². The molecule has 28 heavy (non-hydrogen) atoms. The number of rotatable bonds is 8. The van der Waals surface area contributed by atoms with Crippen LogP contribution in [0.25, 0.3) is 0 Å². The number of halogens is 1. The number of thioether (sulfide) groups is 1. The summed E-state index contributed by atoms with van der Waals surface area (Å²) < 4.78 is 19.3. The van der Waals surface area contributed by atoms with E-state index in [0.717, 1.165) is 24.6 Å². The van der Waals surface area contributed by atoms with Crippen molar-refractivity contribution in [2.24, 2.45) is 5.10 Å². The summed E-state index contributed by atoms with van der Waals surface area (Å²) in [6.45, 7) is 4.77. The number of benzene rings is 1. The van der Waals surface area contributed by atoms with Crippen molar-refractivity contribution < 1.29 is 13.9 Å². The zero-order chi connectivity index (χ0) is 19.8. The number of esters is 1. The standard InChI is InChI=1S/C19H23FN4O2S2/c1-2-26-18(25)10-16-13-28-19(22-16)23-21-11-14-3-4-15(17(20)9-14)12-24-5-7-27-8-6-24/h3-4,9,11,13H,2,5-8,10,12H2,1H3,(H,22,23). The van der Waals surface area contributed by atoms with Crippen LogP contribution in [-0.4, -0.2) is 53.3 Å².